The van der Waals surface area contributed by atoms with Crippen LogP contribution in [0.2, 0.25) is 0 Å². The fourth-order valence-corrected chi connectivity index (χ4v) is 2.71. The lowest BCUT2D eigenvalue weighted by Gasteiger charge is -2.39. The first-order valence-corrected chi connectivity index (χ1v) is 7.72. The Morgan fingerprint density at radius 2 is 2.00 bits per heavy atom. The van der Waals surface area contributed by atoms with Crippen molar-refractivity contribution in [3.63, 3.8) is 0 Å². The van der Waals surface area contributed by atoms with Gasteiger partial charge in [-0.1, -0.05) is 12.1 Å². The van der Waals surface area contributed by atoms with Crippen molar-refractivity contribution >= 4 is 5.78 Å². The van der Waals surface area contributed by atoms with Crippen molar-refractivity contribution in [3.05, 3.63) is 29.8 Å². The van der Waals surface area contributed by atoms with E-state index in [9.17, 15) is 4.79 Å². The van der Waals surface area contributed by atoms with Gasteiger partial charge in [-0.25, -0.2) is 0 Å². The summed E-state index contributed by atoms with van der Waals surface area (Å²) in [5.41, 5.74) is 0.215. The molecule has 2 aliphatic rings. The van der Waals surface area contributed by atoms with E-state index >= 15 is 0 Å². The van der Waals surface area contributed by atoms with Crippen LogP contribution in [0, 0.1) is 0 Å². The summed E-state index contributed by atoms with van der Waals surface area (Å²) in [6, 6.07) is 7.59. The minimum absolute atomic E-state index is 0.144. The van der Waals surface area contributed by atoms with E-state index in [0.29, 0.717) is 19.3 Å². The Labute approximate surface area is 126 Å². The quantitative estimate of drug-likeness (QED) is 0.781. The average molecular weight is 289 g/mol. The Bertz CT molecular complexity index is 517. The van der Waals surface area contributed by atoms with Gasteiger partial charge in [0.25, 0.3) is 0 Å². The van der Waals surface area contributed by atoms with Gasteiger partial charge in [0.2, 0.25) is 0 Å². The fraction of sp³-hybridized carbons (Fsp3) is 0.588. The molecule has 1 aromatic rings. The van der Waals surface area contributed by atoms with E-state index in [4.69, 9.17) is 9.47 Å². The largest absolute Gasteiger partial charge is 0.490 e. The Morgan fingerprint density at radius 3 is 2.67 bits per heavy atom. The number of carbonyl (C=O) groups excluding carboxylic acids is 1. The maximum atomic E-state index is 12.9. The van der Waals surface area contributed by atoms with E-state index in [2.05, 4.69) is 4.90 Å². The minimum Gasteiger partial charge on any atom is -0.490 e. The third-order valence-corrected chi connectivity index (χ3v) is 4.28. The SMILES string of the molecule is CC(C)(C(=O)c1cccc(OC2CC2)c1)N1CCOCC1. The zero-order valence-corrected chi connectivity index (χ0v) is 12.8. The summed E-state index contributed by atoms with van der Waals surface area (Å²) in [5.74, 6) is 0.951. The Morgan fingerprint density at radius 1 is 1.29 bits per heavy atom. The van der Waals surface area contributed by atoms with E-state index < -0.39 is 5.54 Å². The molecule has 4 nitrogen and oxygen atoms in total. The standard InChI is InChI=1S/C17H23NO3/c1-17(2,18-8-10-20-11-9-18)16(19)13-4-3-5-15(12-13)21-14-6-7-14/h3-5,12,14H,6-11H2,1-2H3. The number of ketones is 1. The monoisotopic (exact) mass is 289 g/mol. The van der Waals surface area contributed by atoms with Crippen LogP contribution >= 0.6 is 0 Å². The Hall–Kier alpha value is -1.39. The first-order valence-electron chi connectivity index (χ1n) is 7.72. The van der Waals surface area contributed by atoms with Crippen molar-refractivity contribution in [2.45, 2.75) is 38.3 Å². The predicted octanol–water partition coefficient (Wildman–Crippen LogP) is 2.52. The number of hydrogen-bond acceptors (Lipinski definition) is 4. The van der Waals surface area contributed by atoms with Crippen LogP contribution in [-0.2, 0) is 4.74 Å². The highest BCUT2D eigenvalue weighted by Gasteiger charge is 2.36. The van der Waals surface area contributed by atoms with Crippen LogP contribution in [0.5, 0.6) is 5.75 Å². The second-order valence-corrected chi connectivity index (χ2v) is 6.33. The molecule has 21 heavy (non-hydrogen) atoms. The van der Waals surface area contributed by atoms with Crippen molar-refractivity contribution < 1.29 is 14.3 Å². The summed E-state index contributed by atoms with van der Waals surface area (Å²) in [4.78, 5) is 15.1. The van der Waals surface area contributed by atoms with E-state index in [-0.39, 0.29) is 5.78 Å². The van der Waals surface area contributed by atoms with Gasteiger partial charge >= 0.3 is 0 Å². The van der Waals surface area contributed by atoms with Crippen LogP contribution in [0.3, 0.4) is 0 Å². The highest BCUT2D eigenvalue weighted by atomic mass is 16.5. The van der Waals surface area contributed by atoms with Crippen molar-refractivity contribution in [1.29, 1.82) is 0 Å². The summed E-state index contributed by atoms with van der Waals surface area (Å²) in [6.07, 6.45) is 2.59. The smallest absolute Gasteiger partial charge is 0.182 e. The number of ether oxygens (including phenoxy) is 2. The van der Waals surface area contributed by atoms with Crippen molar-refractivity contribution in [2.75, 3.05) is 26.3 Å². The van der Waals surface area contributed by atoms with Gasteiger partial charge in [0.15, 0.2) is 5.78 Å². The summed E-state index contributed by atoms with van der Waals surface area (Å²) in [7, 11) is 0. The molecule has 0 atom stereocenters. The molecule has 114 valence electrons. The number of nitrogens with zero attached hydrogens (tertiary/aromatic N) is 1. The van der Waals surface area contributed by atoms with Gasteiger partial charge in [0.1, 0.15) is 5.75 Å². The van der Waals surface area contributed by atoms with Crippen LogP contribution < -0.4 is 4.74 Å². The Balaban J connectivity index is 1.76. The number of Topliss-reactive ketones (excluding diaryl/α,β-unsaturated/α-hetero) is 1. The van der Waals surface area contributed by atoms with Gasteiger partial charge in [-0.3, -0.25) is 9.69 Å². The summed E-state index contributed by atoms with van der Waals surface area (Å²) in [6.45, 7) is 6.99. The molecule has 0 amide bonds. The van der Waals surface area contributed by atoms with Gasteiger partial charge in [0, 0.05) is 18.7 Å². The average Bonchev–Trinajstić information content (AvgIpc) is 3.31. The zero-order valence-electron chi connectivity index (χ0n) is 12.8. The van der Waals surface area contributed by atoms with E-state index in [0.717, 1.165) is 37.2 Å². The molecule has 1 aromatic carbocycles. The molecule has 1 heterocycles. The summed E-state index contributed by atoms with van der Waals surface area (Å²) >= 11 is 0. The van der Waals surface area contributed by atoms with Gasteiger partial charge in [-0.2, -0.15) is 0 Å². The molecule has 1 aliphatic heterocycles. The topological polar surface area (TPSA) is 38.8 Å². The summed E-state index contributed by atoms with van der Waals surface area (Å²) in [5, 5.41) is 0. The van der Waals surface area contributed by atoms with Gasteiger partial charge in [-0.05, 0) is 38.8 Å². The molecule has 4 heteroatoms. The lowest BCUT2D eigenvalue weighted by Crippen LogP contribution is -2.54. The molecule has 0 aromatic heterocycles. The summed E-state index contributed by atoms with van der Waals surface area (Å²) < 4.78 is 11.2. The molecule has 0 unspecified atom stereocenters. The molecular weight excluding hydrogens is 266 g/mol. The molecule has 1 saturated heterocycles. The number of benzene rings is 1. The molecule has 0 N–H and O–H groups in total. The van der Waals surface area contributed by atoms with Crippen LogP contribution in [0.1, 0.15) is 37.0 Å². The lowest BCUT2D eigenvalue weighted by molar-refractivity contribution is -0.00430. The maximum Gasteiger partial charge on any atom is 0.182 e. The molecule has 0 spiro atoms. The number of hydrogen-bond donors (Lipinski definition) is 0. The first kappa shape index (κ1) is 14.5. The van der Waals surface area contributed by atoms with Crippen LogP contribution in [0.4, 0.5) is 0 Å². The van der Waals surface area contributed by atoms with Crippen molar-refractivity contribution in [3.8, 4) is 5.75 Å². The normalized spacial score (nSPS) is 20.3. The molecule has 3 rings (SSSR count). The first-order chi connectivity index (χ1) is 10.1. The third-order valence-electron chi connectivity index (χ3n) is 4.28. The second kappa shape index (κ2) is 5.78. The molecule has 0 bridgehead atoms. The molecule has 1 saturated carbocycles. The van der Waals surface area contributed by atoms with Crippen LogP contribution in [-0.4, -0.2) is 48.6 Å². The predicted molar refractivity (Wildman–Crippen MR) is 80.9 cm³/mol. The second-order valence-electron chi connectivity index (χ2n) is 6.33. The van der Waals surface area contributed by atoms with Crippen LogP contribution in [0.15, 0.2) is 24.3 Å². The highest BCUT2D eigenvalue weighted by Crippen LogP contribution is 2.28. The van der Waals surface area contributed by atoms with E-state index in [1.54, 1.807) is 0 Å². The van der Waals surface area contributed by atoms with E-state index in [1.165, 1.54) is 0 Å². The maximum absolute atomic E-state index is 12.9. The van der Waals surface area contributed by atoms with Crippen LogP contribution in [0.25, 0.3) is 0 Å². The minimum atomic E-state index is -0.512. The molecule has 0 radical (unpaired) electrons. The number of carbonyl (C=O) groups is 1. The van der Waals surface area contributed by atoms with Crippen molar-refractivity contribution in [2.24, 2.45) is 0 Å². The molecule has 1 aliphatic carbocycles. The van der Waals surface area contributed by atoms with E-state index in [1.807, 2.05) is 38.1 Å². The fourth-order valence-electron chi connectivity index (χ4n) is 2.71. The van der Waals surface area contributed by atoms with Gasteiger partial charge in [0.05, 0.1) is 24.9 Å². The Kier molecular flexibility index (Phi) is 4.00. The molecule has 2 fully saturated rings. The number of morpholine rings is 1. The highest BCUT2D eigenvalue weighted by molar-refractivity contribution is 6.03. The number of rotatable bonds is 5. The lowest BCUT2D eigenvalue weighted by atomic mass is 9.91. The zero-order chi connectivity index (χ0) is 14.9. The molecular formula is C17H23NO3. The van der Waals surface area contributed by atoms with Gasteiger partial charge in [-0.15, -0.1) is 0 Å². The van der Waals surface area contributed by atoms with Crippen molar-refractivity contribution in [1.82, 2.24) is 4.90 Å². The third kappa shape index (κ3) is 3.27. The van der Waals surface area contributed by atoms with Gasteiger partial charge < -0.3 is 9.47 Å².